The summed E-state index contributed by atoms with van der Waals surface area (Å²) in [6, 6.07) is 10.4. The van der Waals surface area contributed by atoms with Crippen molar-refractivity contribution in [1.82, 2.24) is 5.32 Å². The molecule has 0 aromatic heterocycles. The number of methoxy groups -OCH3 is 3. The molecule has 1 atom stereocenters. The van der Waals surface area contributed by atoms with Crippen molar-refractivity contribution in [2.45, 2.75) is 19.4 Å². The summed E-state index contributed by atoms with van der Waals surface area (Å²) < 4.78 is 15.9. The van der Waals surface area contributed by atoms with Gasteiger partial charge in [-0.05, 0) is 43.3 Å². The third kappa shape index (κ3) is 4.79. The maximum Gasteiger partial charge on any atom is 0.225 e. The summed E-state index contributed by atoms with van der Waals surface area (Å²) in [4.78, 5) is 12.4. The lowest BCUT2D eigenvalue weighted by Gasteiger charge is -2.18. The molecule has 0 heterocycles. The molecule has 5 nitrogen and oxygen atoms in total. The molecule has 0 radical (unpaired) electrons. The molecule has 0 aliphatic heterocycles. The second-order valence-corrected chi connectivity index (χ2v) is 5.97. The van der Waals surface area contributed by atoms with Crippen LogP contribution in [0.3, 0.4) is 0 Å². The van der Waals surface area contributed by atoms with E-state index in [0.29, 0.717) is 22.3 Å². The maximum atomic E-state index is 12.4. The highest BCUT2D eigenvalue weighted by molar-refractivity contribution is 6.30. The number of ether oxygens (including phenoxy) is 3. The zero-order chi connectivity index (χ0) is 18.4. The number of carbonyl (C=O) groups is 1. The summed E-state index contributed by atoms with van der Waals surface area (Å²) in [6.45, 7) is 1.89. The molecule has 1 amide bonds. The quantitative estimate of drug-likeness (QED) is 0.813. The van der Waals surface area contributed by atoms with Crippen molar-refractivity contribution in [3.05, 3.63) is 52.5 Å². The Morgan fingerprint density at radius 1 is 1.04 bits per heavy atom. The lowest BCUT2D eigenvalue weighted by molar-refractivity contribution is -0.121. The molecule has 2 aromatic rings. The smallest absolute Gasteiger partial charge is 0.225 e. The van der Waals surface area contributed by atoms with Crippen molar-refractivity contribution >= 4 is 17.5 Å². The molecule has 134 valence electrons. The van der Waals surface area contributed by atoms with Gasteiger partial charge in [-0.1, -0.05) is 11.6 Å². The van der Waals surface area contributed by atoms with E-state index in [2.05, 4.69) is 5.32 Å². The molecular weight excluding hydrogens is 342 g/mol. The van der Waals surface area contributed by atoms with Crippen LogP contribution in [0.5, 0.6) is 17.2 Å². The fraction of sp³-hybridized carbons (Fsp3) is 0.316. The minimum Gasteiger partial charge on any atom is -0.497 e. The van der Waals surface area contributed by atoms with Gasteiger partial charge in [0, 0.05) is 16.1 Å². The Kier molecular flexibility index (Phi) is 6.53. The highest BCUT2D eigenvalue weighted by atomic mass is 35.5. The van der Waals surface area contributed by atoms with E-state index in [4.69, 9.17) is 25.8 Å². The Balaban J connectivity index is 2.14. The van der Waals surface area contributed by atoms with E-state index < -0.39 is 0 Å². The van der Waals surface area contributed by atoms with Gasteiger partial charge in [-0.15, -0.1) is 0 Å². The highest BCUT2D eigenvalue weighted by Gasteiger charge is 2.17. The molecule has 2 rings (SSSR count). The Labute approximate surface area is 152 Å². The van der Waals surface area contributed by atoms with Crippen LogP contribution in [-0.2, 0) is 11.2 Å². The minimum atomic E-state index is -0.247. The number of halogens is 1. The molecule has 0 spiro atoms. The summed E-state index contributed by atoms with van der Waals surface area (Å²) in [7, 11) is 4.76. The van der Waals surface area contributed by atoms with Crippen molar-refractivity contribution in [2.75, 3.05) is 21.3 Å². The maximum absolute atomic E-state index is 12.4. The molecule has 0 saturated carbocycles. The number of nitrogens with one attached hydrogen (secondary N) is 1. The second kappa shape index (κ2) is 8.62. The summed E-state index contributed by atoms with van der Waals surface area (Å²) >= 11 is 6.01. The standard InChI is InChI=1S/C19H22ClNO4/c1-12(16-11-15(23-2)6-8-18(16)25-4)21-19(22)10-13-9-14(20)5-7-17(13)24-3/h5-9,11-12H,10H2,1-4H3,(H,21,22)/t12-/m1/s1. The molecule has 0 fully saturated rings. The fourth-order valence-electron chi connectivity index (χ4n) is 2.61. The highest BCUT2D eigenvalue weighted by Crippen LogP contribution is 2.29. The van der Waals surface area contributed by atoms with Crippen molar-refractivity contribution in [3.63, 3.8) is 0 Å². The van der Waals surface area contributed by atoms with Gasteiger partial charge < -0.3 is 19.5 Å². The molecule has 2 aromatic carbocycles. The molecule has 0 unspecified atom stereocenters. The van der Waals surface area contributed by atoms with Crippen LogP contribution in [0.25, 0.3) is 0 Å². The molecule has 0 aliphatic rings. The molecule has 0 aliphatic carbocycles. The topological polar surface area (TPSA) is 56.8 Å². The largest absolute Gasteiger partial charge is 0.497 e. The van der Waals surface area contributed by atoms with E-state index in [1.807, 2.05) is 25.1 Å². The van der Waals surface area contributed by atoms with Crippen molar-refractivity contribution in [3.8, 4) is 17.2 Å². The first-order valence-corrected chi connectivity index (χ1v) is 8.20. The van der Waals surface area contributed by atoms with Crippen molar-refractivity contribution in [1.29, 1.82) is 0 Å². The van der Waals surface area contributed by atoms with E-state index in [1.54, 1.807) is 39.5 Å². The Hall–Kier alpha value is -2.40. The number of hydrogen-bond acceptors (Lipinski definition) is 4. The Morgan fingerprint density at radius 2 is 1.72 bits per heavy atom. The average Bonchev–Trinajstić information content (AvgIpc) is 2.61. The lowest BCUT2D eigenvalue weighted by atomic mass is 10.1. The summed E-state index contributed by atoms with van der Waals surface area (Å²) in [5.74, 6) is 1.88. The summed E-state index contributed by atoms with van der Waals surface area (Å²) in [5, 5.41) is 3.53. The molecule has 25 heavy (non-hydrogen) atoms. The summed E-state index contributed by atoms with van der Waals surface area (Å²) in [5.41, 5.74) is 1.57. The zero-order valence-electron chi connectivity index (χ0n) is 14.8. The van der Waals surface area contributed by atoms with Crippen LogP contribution in [0.2, 0.25) is 5.02 Å². The number of benzene rings is 2. The normalized spacial score (nSPS) is 11.6. The number of hydrogen-bond donors (Lipinski definition) is 1. The molecule has 0 saturated heterocycles. The predicted molar refractivity (Wildman–Crippen MR) is 97.8 cm³/mol. The van der Waals surface area contributed by atoms with Crippen LogP contribution in [0.1, 0.15) is 24.1 Å². The van der Waals surface area contributed by atoms with Gasteiger partial charge in [0.1, 0.15) is 17.2 Å². The van der Waals surface area contributed by atoms with Gasteiger partial charge in [0.15, 0.2) is 0 Å². The summed E-state index contributed by atoms with van der Waals surface area (Å²) in [6.07, 6.45) is 0.167. The Bertz CT molecular complexity index is 748. The van der Waals surface area contributed by atoms with Crippen LogP contribution in [0.15, 0.2) is 36.4 Å². The van der Waals surface area contributed by atoms with Gasteiger partial charge in [-0.25, -0.2) is 0 Å². The van der Waals surface area contributed by atoms with Gasteiger partial charge in [-0.2, -0.15) is 0 Å². The number of carbonyl (C=O) groups excluding carboxylic acids is 1. The van der Waals surface area contributed by atoms with E-state index in [1.165, 1.54) is 0 Å². The Morgan fingerprint density at radius 3 is 2.36 bits per heavy atom. The van der Waals surface area contributed by atoms with Crippen molar-refractivity contribution < 1.29 is 19.0 Å². The average molecular weight is 364 g/mol. The number of rotatable bonds is 7. The number of amides is 1. The van der Waals surface area contributed by atoms with Gasteiger partial charge in [-0.3, -0.25) is 4.79 Å². The van der Waals surface area contributed by atoms with Gasteiger partial charge >= 0.3 is 0 Å². The van der Waals surface area contributed by atoms with Gasteiger partial charge in [0.2, 0.25) is 5.91 Å². The van der Waals surface area contributed by atoms with E-state index in [-0.39, 0.29) is 18.4 Å². The van der Waals surface area contributed by atoms with E-state index >= 15 is 0 Å². The van der Waals surface area contributed by atoms with Crippen LogP contribution in [0, 0.1) is 0 Å². The third-order valence-corrected chi connectivity index (χ3v) is 4.11. The van der Waals surface area contributed by atoms with Crippen LogP contribution in [0.4, 0.5) is 0 Å². The van der Waals surface area contributed by atoms with Crippen molar-refractivity contribution in [2.24, 2.45) is 0 Å². The van der Waals surface area contributed by atoms with Crippen LogP contribution < -0.4 is 19.5 Å². The molecular formula is C19H22ClNO4. The molecule has 1 N–H and O–H groups in total. The predicted octanol–water partition coefficient (Wildman–Crippen LogP) is 3.79. The first kappa shape index (κ1) is 18.9. The van der Waals surface area contributed by atoms with E-state index in [9.17, 15) is 4.79 Å². The fourth-order valence-corrected chi connectivity index (χ4v) is 2.80. The molecule has 6 heteroatoms. The zero-order valence-corrected chi connectivity index (χ0v) is 15.5. The van der Waals surface area contributed by atoms with Gasteiger partial charge in [0.05, 0.1) is 33.8 Å². The van der Waals surface area contributed by atoms with Gasteiger partial charge in [0.25, 0.3) is 0 Å². The SMILES string of the molecule is COc1ccc(OC)c([C@@H](C)NC(=O)Cc2cc(Cl)ccc2OC)c1. The molecule has 0 bridgehead atoms. The monoisotopic (exact) mass is 363 g/mol. The van der Waals surface area contributed by atoms with Crippen LogP contribution >= 0.6 is 11.6 Å². The first-order valence-electron chi connectivity index (χ1n) is 7.82. The first-order chi connectivity index (χ1) is 12.0. The van der Waals surface area contributed by atoms with E-state index in [0.717, 1.165) is 11.1 Å². The lowest BCUT2D eigenvalue weighted by Crippen LogP contribution is -2.28. The third-order valence-electron chi connectivity index (χ3n) is 3.87. The second-order valence-electron chi connectivity index (χ2n) is 5.53. The van der Waals surface area contributed by atoms with Crippen LogP contribution in [-0.4, -0.2) is 27.2 Å². The minimum absolute atomic E-state index is 0.141.